The number of nitrogen functional groups attached to an aromatic ring is 1. The average molecular weight is 310 g/mol. The fraction of sp³-hybridized carbons (Fsp3) is 0.286. The molecular formula is C14H16ClN3O3. The molecular weight excluding hydrogens is 294 g/mol. The molecule has 3 N–H and O–H groups in total. The van der Waals surface area contributed by atoms with Gasteiger partial charge in [-0.1, -0.05) is 23.7 Å². The smallest absolute Gasteiger partial charge is 0.220 e. The molecule has 0 bridgehead atoms. The lowest BCUT2D eigenvalue weighted by atomic mass is 9.93. The minimum Gasteiger partial charge on any atom is -0.481 e. The van der Waals surface area contributed by atoms with Crippen LogP contribution in [0.15, 0.2) is 24.3 Å². The van der Waals surface area contributed by atoms with Crippen molar-refractivity contribution in [2.24, 2.45) is 0 Å². The SMILES string of the molecule is COc1cc(OC)nc(C(C)(O)c2cccc(Cl)c2N)n1. The van der Waals surface area contributed by atoms with E-state index in [-0.39, 0.29) is 23.3 Å². The maximum absolute atomic E-state index is 10.8. The Hall–Kier alpha value is -2.05. The second kappa shape index (κ2) is 5.75. The molecule has 0 radical (unpaired) electrons. The maximum Gasteiger partial charge on any atom is 0.220 e. The lowest BCUT2D eigenvalue weighted by Crippen LogP contribution is -2.27. The van der Waals surface area contributed by atoms with Crippen LogP contribution in [0.5, 0.6) is 11.8 Å². The number of anilines is 1. The fourth-order valence-electron chi connectivity index (χ4n) is 1.91. The topological polar surface area (TPSA) is 90.5 Å². The number of benzene rings is 1. The Morgan fingerprint density at radius 2 is 1.76 bits per heavy atom. The van der Waals surface area contributed by atoms with Gasteiger partial charge in [-0.25, -0.2) is 0 Å². The summed E-state index contributed by atoms with van der Waals surface area (Å²) in [4.78, 5) is 8.31. The van der Waals surface area contributed by atoms with Gasteiger partial charge in [0.05, 0.1) is 31.0 Å². The van der Waals surface area contributed by atoms with Gasteiger partial charge in [-0.3, -0.25) is 0 Å². The quantitative estimate of drug-likeness (QED) is 0.839. The van der Waals surface area contributed by atoms with Crippen molar-refractivity contribution in [2.75, 3.05) is 20.0 Å². The molecule has 1 heterocycles. The van der Waals surface area contributed by atoms with Crippen molar-refractivity contribution in [2.45, 2.75) is 12.5 Å². The van der Waals surface area contributed by atoms with Crippen LogP contribution in [0.1, 0.15) is 18.3 Å². The van der Waals surface area contributed by atoms with E-state index in [9.17, 15) is 5.11 Å². The lowest BCUT2D eigenvalue weighted by Gasteiger charge is -2.24. The Morgan fingerprint density at radius 1 is 1.19 bits per heavy atom. The van der Waals surface area contributed by atoms with E-state index in [0.717, 1.165) is 0 Å². The van der Waals surface area contributed by atoms with Crippen molar-refractivity contribution >= 4 is 17.3 Å². The Bertz CT molecular complexity index is 640. The highest BCUT2D eigenvalue weighted by atomic mass is 35.5. The molecule has 0 saturated heterocycles. The van der Waals surface area contributed by atoms with Crippen LogP contribution in [-0.2, 0) is 5.60 Å². The first-order valence-electron chi connectivity index (χ1n) is 6.14. The summed E-state index contributed by atoms with van der Waals surface area (Å²) in [5, 5.41) is 11.2. The van der Waals surface area contributed by atoms with Crippen molar-refractivity contribution in [1.29, 1.82) is 0 Å². The maximum atomic E-state index is 10.8. The minimum atomic E-state index is -1.54. The van der Waals surface area contributed by atoms with Gasteiger partial charge in [0, 0.05) is 5.56 Å². The predicted octanol–water partition coefficient (Wildman–Crippen LogP) is 1.99. The summed E-state index contributed by atoms with van der Waals surface area (Å²) in [6.07, 6.45) is 0. The predicted molar refractivity (Wildman–Crippen MR) is 79.7 cm³/mol. The number of hydrogen-bond acceptors (Lipinski definition) is 6. The summed E-state index contributed by atoms with van der Waals surface area (Å²) in [5.74, 6) is 0.656. The van der Waals surface area contributed by atoms with E-state index in [4.69, 9.17) is 26.8 Å². The minimum absolute atomic E-state index is 0.104. The van der Waals surface area contributed by atoms with Gasteiger partial charge in [0.15, 0.2) is 5.82 Å². The highest BCUT2D eigenvalue weighted by molar-refractivity contribution is 6.33. The Labute approximate surface area is 127 Å². The van der Waals surface area contributed by atoms with Gasteiger partial charge >= 0.3 is 0 Å². The number of aromatic nitrogens is 2. The second-order valence-electron chi connectivity index (χ2n) is 4.55. The van der Waals surface area contributed by atoms with E-state index in [2.05, 4.69) is 9.97 Å². The van der Waals surface area contributed by atoms with Crippen LogP contribution >= 0.6 is 11.6 Å². The molecule has 0 aliphatic rings. The fourth-order valence-corrected chi connectivity index (χ4v) is 2.09. The van der Waals surface area contributed by atoms with E-state index in [1.807, 2.05) is 0 Å². The highest BCUT2D eigenvalue weighted by Crippen LogP contribution is 2.35. The van der Waals surface area contributed by atoms with E-state index in [0.29, 0.717) is 10.6 Å². The van der Waals surface area contributed by atoms with Crippen molar-refractivity contribution in [3.05, 3.63) is 40.7 Å². The van der Waals surface area contributed by atoms with Crippen LogP contribution in [0.3, 0.4) is 0 Å². The van der Waals surface area contributed by atoms with Crippen molar-refractivity contribution in [1.82, 2.24) is 9.97 Å². The van der Waals surface area contributed by atoms with Crippen LogP contribution in [0.25, 0.3) is 0 Å². The van der Waals surface area contributed by atoms with E-state index < -0.39 is 5.60 Å². The molecule has 0 fully saturated rings. The zero-order valence-corrected chi connectivity index (χ0v) is 12.7. The van der Waals surface area contributed by atoms with E-state index in [1.165, 1.54) is 27.2 Å². The first-order chi connectivity index (χ1) is 9.90. The van der Waals surface area contributed by atoms with Gasteiger partial charge in [-0.15, -0.1) is 0 Å². The molecule has 112 valence electrons. The van der Waals surface area contributed by atoms with Gasteiger partial charge in [0.1, 0.15) is 5.60 Å². The van der Waals surface area contributed by atoms with E-state index >= 15 is 0 Å². The monoisotopic (exact) mass is 309 g/mol. The molecule has 21 heavy (non-hydrogen) atoms. The summed E-state index contributed by atoms with van der Waals surface area (Å²) in [6, 6.07) is 6.51. The molecule has 2 aromatic rings. The molecule has 0 saturated carbocycles. The number of halogens is 1. The molecule has 6 nitrogen and oxygen atoms in total. The Balaban J connectivity index is 2.60. The number of para-hydroxylation sites is 1. The first-order valence-corrected chi connectivity index (χ1v) is 6.52. The summed E-state index contributed by atoms with van der Waals surface area (Å²) in [6.45, 7) is 1.53. The third-order valence-electron chi connectivity index (χ3n) is 3.11. The molecule has 1 unspecified atom stereocenters. The number of rotatable bonds is 4. The third kappa shape index (κ3) is 2.86. The molecule has 1 aromatic carbocycles. The molecule has 0 aliphatic carbocycles. The van der Waals surface area contributed by atoms with Crippen molar-refractivity contribution in [3.8, 4) is 11.8 Å². The number of aliphatic hydroxyl groups is 1. The zero-order chi connectivity index (χ0) is 15.6. The molecule has 7 heteroatoms. The number of methoxy groups -OCH3 is 2. The molecule has 0 aliphatic heterocycles. The lowest BCUT2D eigenvalue weighted by molar-refractivity contribution is 0.0911. The van der Waals surface area contributed by atoms with Gasteiger partial charge in [0.25, 0.3) is 0 Å². The summed E-state index contributed by atoms with van der Waals surface area (Å²) in [5.41, 5.74) is 5.07. The third-order valence-corrected chi connectivity index (χ3v) is 3.44. The van der Waals surface area contributed by atoms with E-state index in [1.54, 1.807) is 18.2 Å². The van der Waals surface area contributed by atoms with Gasteiger partial charge in [-0.2, -0.15) is 9.97 Å². The van der Waals surface area contributed by atoms with Crippen LogP contribution in [-0.4, -0.2) is 29.3 Å². The normalized spacial score (nSPS) is 13.6. The second-order valence-corrected chi connectivity index (χ2v) is 4.96. The molecule has 1 aromatic heterocycles. The summed E-state index contributed by atoms with van der Waals surface area (Å²) < 4.78 is 10.2. The number of nitrogens with two attached hydrogens (primary N) is 1. The van der Waals surface area contributed by atoms with Crippen molar-refractivity contribution in [3.63, 3.8) is 0 Å². The highest BCUT2D eigenvalue weighted by Gasteiger charge is 2.32. The van der Waals surface area contributed by atoms with Gasteiger partial charge in [-0.05, 0) is 13.0 Å². The molecule has 0 spiro atoms. The van der Waals surface area contributed by atoms with Crippen LogP contribution in [0.4, 0.5) is 5.69 Å². The van der Waals surface area contributed by atoms with Gasteiger partial charge < -0.3 is 20.3 Å². The van der Waals surface area contributed by atoms with Crippen LogP contribution in [0, 0.1) is 0 Å². The molecule has 2 rings (SSSR count). The number of nitrogens with zero attached hydrogens (tertiary/aromatic N) is 2. The zero-order valence-electron chi connectivity index (χ0n) is 11.9. The molecule has 1 atom stereocenters. The summed E-state index contributed by atoms with van der Waals surface area (Å²) >= 11 is 6.00. The number of hydrogen-bond donors (Lipinski definition) is 2. The standard InChI is InChI=1S/C14H16ClN3O3/c1-14(19,8-5-4-6-9(15)12(8)16)13-17-10(20-2)7-11(18-13)21-3/h4-7,19H,16H2,1-3H3. The Kier molecular flexibility index (Phi) is 4.20. The summed E-state index contributed by atoms with van der Waals surface area (Å²) in [7, 11) is 2.93. The van der Waals surface area contributed by atoms with Crippen molar-refractivity contribution < 1.29 is 14.6 Å². The van der Waals surface area contributed by atoms with Gasteiger partial charge in [0.2, 0.25) is 11.8 Å². The first kappa shape index (κ1) is 15.3. The molecule has 0 amide bonds. The largest absolute Gasteiger partial charge is 0.481 e. The number of ether oxygens (including phenoxy) is 2. The Morgan fingerprint density at radius 3 is 2.29 bits per heavy atom. The average Bonchev–Trinajstić information content (AvgIpc) is 2.49. The van der Waals surface area contributed by atoms with Crippen LogP contribution < -0.4 is 15.2 Å². The van der Waals surface area contributed by atoms with Crippen LogP contribution in [0.2, 0.25) is 5.02 Å².